The molecule has 5 nitrogen and oxygen atoms in total. The highest BCUT2D eigenvalue weighted by Crippen LogP contribution is 2.22. The first-order chi connectivity index (χ1) is 12.8. The molecule has 7 heteroatoms. The minimum absolute atomic E-state index is 0.0650. The van der Waals surface area contributed by atoms with E-state index in [2.05, 4.69) is 20.6 Å². The smallest absolute Gasteiger partial charge is 0.274 e. The topological polar surface area (TPSA) is 66.9 Å². The van der Waals surface area contributed by atoms with Gasteiger partial charge in [-0.25, -0.2) is 18.7 Å². The molecule has 0 atom stereocenters. The van der Waals surface area contributed by atoms with Crippen LogP contribution < -0.4 is 10.6 Å². The number of halogens is 2. The molecule has 3 rings (SSSR count). The largest absolute Gasteiger partial charge is 0.320 e. The Morgan fingerprint density at radius 2 is 1.67 bits per heavy atom. The molecule has 0 bridgehead atoms. The monoisotopic (exact) mass is 368 g/mol. The summed E-state index contributed by atoms with van der Waals surface area (Å²) in [6.07, 6.45) is 0. The van der Waals surface area contributed by atoms with Crippen molar-refractivity contribution in [3.8, 4) is 0 Å². The standard InChI is InChI=1S/C20H18F2N4O/c1-11-7-8-16(12(2)9-11)24-19(27)17-10-13(3)23-20(25-17)26-18-14(21)5-4-6-15(18)22/h4-10H,1-3H3,(H,24,27)(H,23,25,26). The first-order valence-corrected chi connectivity index (χ1v) is 8.29. The number of anilines is 3. The molecule has 27 heavy (non-hydrogen) atoms. The van der Waals surface area contributed by atoms with Gasteiger partial charge in [-0.15, -0.1) is 0 Å². The van der Waals surface area contributed by atoms with Gasteiger partial charge in [0.2, 0.25) is 5.95 Å². The maximum Gasteiger partial charge on any atom is 0.274 e. The number of nitrogens with one attached hydrogen (secondary N) is 2. The van der Waals surface area contributed by atoms with E-state index in [1.807, 2.05) is 32.0 Å². The Labute approximate surface area is 155 Å². The molecule has 0 spiro atoms. The number of rotatable bonds is 4. The normalized spacial score (nSPS) is 10.6. The molecule has 0 aliphatic heterocycles. The highest BCUT2D eigenvalue weighted by molar-refractivity contribution is 6.03. The van der Waals surface area contributed by atoms with Crippen molar-refractivity contribution in [1.29, 1.82) is 0 Å². The second-order valence-corrected chi connectivity index (χ2v) is 6.21. The van der Waals surface area contributed by atoms with E-state index in [0.29, 0.717) is 11.4 Å². The minimum atomic E-state index is -0.776. The molecule has 1 amide bonds. The van der Waals surface area contributed by atoms with E-state index in [1.165, 1.54) is 12.1 Å². The number of nitrogens with zero attached hydrogens (tertiary/aromatic N) is 2. The van der Waals surface area contributed by atoms with Gasteiger partial charge in [0.25, 0.3) is 5.91 Å². The zero-order chi connectivity index (χ0) is 19.6. The van der Waals surface area contributed by atoms with Crippen molar-refractivity contribution >= 4 is 23.2 Å². The molecule has 0 radical (unpaired) electrons. The quantitative estimate of drug-likeness (QED) is 0.702. The molecule has 0 saturated carbocycles. The van der Waals surface area contributed by atoms with Crippen molar-refractivity contribution in [3.05, 3.63) is 76.6 Å². The van der Waals surface area contributed by atoms with Gasteiger partial charge in [0.05, 0.1) is 0 Å². The van der Waals surface area contributed by atoms with Crippen molar-refractivity contribution in [1.82, 2.24) is 9.97 Å². The summed E-state index contributed by atoms with van der Waals surface area (Å²) in [5.41, 5.74) is 2.86. The van der Waals surface area contributed by atoms with Gasteiger partial charge < -0.3 is 10.6 Å². The third-order valence-corrected chi connectivity index (χ3v) is 3.92. The summed E-state index contributed by atoms with van der Waals surface area (Å²) in [5.74, 6) is -2.06. The Hall–Kier alpha value is -3.35. The van der Waals surface area contributed by atoms with Crippen LogP contribution in [0.15, 0.2) is 42.5 Å². The van der Waals surface area contributed by atoms with Crippen LogP contribution in [-0.2, 0) is 0 Å². The summed E-state index contributed by atoms with van der Waals surface area (Å²) in [5, 5.41) is 5.30. The van der Waals surface area contributed by atoms with E-state index in [1.54, 1.807) is 6.92 Å². The van der Waals surface area contributed by atoms with Gasteiger partial charge in [-0.3, -0.25) is 4.79 Å². The van der Waals surface area contributed by atoms with Crippen LogP contribution in [0.3, 0.4) is 0 Å². The van der Waals surface area contributed by atoms with Crippen LogP contribution in [0.25, 0.3) is 0 Å². The molecule has 3 aromatic rings. The fourth-order valence-corrected chi connectivity index (χ4v) is 2.61. The van der Waals surface area contributed by atoms with Gasteiger partial charge in [0.15, 0.2) is 0 Å². The lowest BCUT2D eigenvalue weighted by Crippen LogP contribution is -2.16. The molecule has 2 N–H and O–H groups in total. The van der Waals surface area contributed by atoms with Crippen molar-refractivity contribution in [2.75, 3.05) is 10.6 Å². The lowest BCUT2D eigenvalue weighted by Gasteiger charge is -2.11. The molecular weight excluding hydrogens is 350 g/mol. The average molecular weight is 368 g/mol. The molecule has 0 aliphatic rings. The van der Waals surface area contributed by atoms with Crippen LogP contribution in [0.2, 0.25) is 0 Å². The maximum atomic E-state index is 13.8. The van der Waals surface area contributed by atoms with Crippen molar-refractivity contribution in [2.24, 2.45) is 0 Å². The molecule has 1 aromatic heterocycles. The lowest BCUT2D eigenvalue weighted by molar-refractivity contribution is 0.102. The van der Waals surface area contributed by atoms with E-state index < -0.39 is 17.5 Å². The van der Waals surface area contributed by atoms with Crippen LogP contribution in [0, 0.1) is 32.4 Å². The van der Waals surface area contributed by atoms with Gasteiger partial charge in [-0.2, -0.15) is 0 Å². The number of para-hydroxylation sites is 1. The van der Waals surface area contributed by atoms with Gasteiger partial charge >= 0.3 is 0 Å². The third-order valence-electron chi connectivity index (χ3n) is 3.92. The number of aromatic nitrogens is 2. The highest BCUT2D eigenvalue weighted by atomic mass is 19.1. The molecule has 0 aliphatic carbocycles. The first kappa shape index (κ1) is 18.4. The molecule has 2 aromatic carbocycles. The zero-order valence-electron chi connectivity index (χ0n) is 15.1. The summed E-state index contributed by atoms with van der Waals surface area (Å²) < 4.78 is 27.6. The molecule has 1 heterocycles. The first-order valence-electron chi connectivity index (χ1n) is 8.29. The Balaban J connectivity index is 1.87. The Kier molecular flexibility index (Phi) is 5.12. The average Bonchev–Trinajstić information content (AvgIpc) is 2.60. The van der Waals surface area contributed by atoms with Crippen LogP contribution in [0.4, 0.5) is 26.1 Å². The van der Waals surface area contributed by atoms with E-state index in [-0.39, 0.29) is 17.3 Å². The van der Waals surface area contributed by atoms with Crippen LogP contribution in [0.1, 0.15) is 27.3 Å². The number of benzene rings is 2. The molecular formula is C20H18F2N4O. The number of aryl methyl sites for hydroxylation is 3. The fourth-order valence-electron chi connectivity index (χ4n) is 2.61. The van der Waals surface area contributed by atoms with Crippen molar-refractivity contribution in [3.63, 3.8) is 0 Å². The Morgan fingerprint density at radius 1 is 0.963 bits per heavy atom. The summed E-state index contributed by atoms with van der Waals surface area (Å²) in [6, 6.07) is 10.7. The second-order valence-electron chi connectivity index (χ2n) is 6.21. The zero-order valence-corrected chi connectivity index (χ0v) is 15.1. The minimum Gasteiger partial charge on any atom is -0.320 e. The lowest BCUT2D eigenvalue weighted by atomic mass is 10.1. The summed E-state index contributed by atoms with van der Waals surface area (Å²) in [6.45, 7) is 5.52. The number of carbonyl (C=O) groups excluding carboxylic acids is 1. The SMILES string of the molecule is Cc1ccc(NC(=O)c2cc(C)nc(Nc3c(F)cccc3F)n2)c(C)c1. The van der Waals surface area contributed by atoms with Crippen LogP contribution >= 0.6 is 0 Å². The summed E-state index contributed by atoms with van der Waals surface area (Å²) in [4.78, 5) is 20.7. The Morgan fingerprint density at radius 3 is 2.33 bits per heavy atom. The highest BCUT2D eigenvalue weighted by Gasteiger charge is 2.15. The maximum absolute atomic E-state index is 13.8. The van der Waals surface area contributed by atoms with E-state index in [0.717, 1.165) is 23.3 Å². The number of hydrogen-bond donors (Lipinski definition) is 2. The molecule has 138 valence electrons. The van der Waals surface area contributed by atoms with E-state index in [9.17, 15) is 13.6 Å². The van der Waals surface area contributed by atoms with E-state index >= 15 is 0 Å². The van der Waals surface area contributed by atoms with Gasteiger partial charge in [0, 0.05) is 11.4 Å². The number of hydrogen-bond acceptors (Lipinski definition) is 4. The molecule has 0 unspecified atom stereocenters. The van der Waals surface area contributed by atoms with Crippen LogP contribution in [-0.4, -0.2) is 15.9 Å². The number of carbonyl (C=O) groups is 1. The third kappa shape index (κ3) is 4.25. The second kappa shape index (κ2) is 7.49. The van der Waals surface area contributed by atoms with E-state index in [4.69, 9.17) is 0 Å². The fraction of sp³-hybridized carbons (Fsp3) is 0.150. The predicted octanol–water partition coefficient (Wildman–Crippen LogP) is 4.68. The van der Waals surface area contributed by atoms with Crippen molar-refractivity contribution in [2.45, 2.75) is 20.8 Å². The number of amides is 1. The summed E-state index contributed by atoms with van der Waals surface area (Å²) in [7, 11) is 0. The Bertz CT molecular complexity index is 1000. The summed E-state index contributed by atoms with van der Waals surface area (Å²) >= 11 is 0. The van der Waals surface area contributed by atoms with Crippen molar-refractivity contribution < 1.29 is 13.6 Å². The van der Waals surface area contributed by atoms with Gasteiger partial charge in [-0.1, -0.05) is 23.8 Å². The van der Waals surface area contributed by atoms with Crippen LogP contribution in [0.5, 0.6) is 0 Å². The molecule has 0 saturated heterocycles. The van der Waals surface area contributed by atoms with Gasteiger partial charge in [-0.05, 0) is 50.6 Å². The van der Waals surface area contributed by atoms with Gasteiger partial charge in [0.1, 0.15) is 23.0 Å². The predicted molar refractivity (Wildman–Crippen MR) is 100 cm³/mol. The molecule has 0 fully saturated rings.